The minimum Gasteiger partial charge on any atom is -0.366 e. The largest absolute Gasteiger partial charge is 0.366 e. The monoisotopic (exact) mass is 342 g/mol. The number of fused-ring (bicyclic) bond motifs is 1. The van der Waals surface area contributed by atoms with Gasteiger partial charge in [-0.15, -0.1) is 0 Å². The van der Waals surface area contributed by atoms with Crippen molar-refractivity contribution >= 4 is 22.0 Å². The van der Waals surface area contributed by atoms with Gasteiger partial charge in [-0.05, 0) is 35.2 Å². The van der Waals surface area contributed by atoms with E-state index in [0.29, 0.717) is 12.0 Å². The van der Waals surface area contributed by atoms with Crippen LogP contribution in [0.3, 0.4) is 0 Å². The van der Waals surface area contributed by atoms with Crippen molar-refractivity contribution in [2.75, 3.05) is 12.0 Å². The fourth-order valence-corrected chi connectivity index (χ4v) is 3.54. The summed E-state index contributed by atoms with van der Waals surface area (Å²) in [7, 11) is -3.01. The lowest BCUT2D eigenvalue weighted by Crippen LogP contribution is -2.10. The summed E-state index contributed by atoms with van der Waals surface area (Å²) in [6.07, 6.45) is 3.52. The van der Waals surface area contributed by atoms with E-state index < -0.39 is 15.7 Å². The zero-order valence-corrected chi connectivity index (χ0v) is 14.1. The molecule has 124 valence electrons. The summed E-state index contributed by atoms with van der Waals surface area (Å²) < 4.78 is 22.8. The van der Waals surface area contributed by atoms with Gasteiger partial charge in [-0.25, -0.2) is 8.42 Å². The topological polar surface area (TPSA) is 89.6 Å². The summed E-state index contributed by atoms with van der Waals surface area (Å²) in [6.45, 7) is 0. The first kappa shape index (κ1) is 16.4. The third-order valence-electron chi connectivity index (χ3n) is 4.12. The number of nitrogens with two attached hydrogens (primary N) is 1. The van der Waals surface area contributed by atoms with Crippen LogP contribution in [0.5, 0.6) is 0 Å². The second-order valence-electron chi connectivity index (χ2n) is 5.96. The van der Waals surface area contributed by atoms with E-state index in [0.717, 1.165) is 22.3 Å². The number of primary amides is 1. The van der Waals surface area contributed by atoms with Gasteiger partial charge < -0.3 is 5.73 Å². The maximum atomic E-state index is 11.4. The van der Waals surface area contributed by atoms with Gasteiger partial charge in [0.1, 0.15) is 9.84 Å². The molecule has 1 aliphatic heterocycles. The van der Waals surface area contributed by atoms with E-state index in [2.05, 4.69) is 4.99 Å². The Morgan fingerprint density at radius 1 is 1.17 bits per heavy atom. The molecular weight excluding hydrogens is 324 g/mol. The Labute approximate surface area is 141 Å². The minimum absolute atomic E-state index is 0.117. The minimum atomic E-state index is -3.01. The molecule has 24 heavy (non-hydrogen) atoms. The van der Waals surface area contributed by atoms with E-state index >= 15 is 0 Å². The van der Waals surface area contributed by atoms with Crippen LogP contribution in [0.4, 0.5) is 0 Å². The Hall–Kier alpha value is -2.47. The molecule has 1 amide bonds. The fraction of sp³-hybridized carbons (Fsp3) is 0.222. The number of nitrogens with zero attached hydrogens (tertiary/aromatic N) is 1. The normalized spacial score (nSPS) is 16.1. The smallest absolute Gasteiger partial charge is 0.248 e. The lowest BCUT2D eigenvalue weighted by atomic mass is 9.93. The molecule has 3 rings (SSSR count). The average Bonchev–Trinajstić information content (AvgIpc) is 2.95. The van der Waals surface area contributed by atoms with Crippen molar-refractivity contribution in [2.24, 2.45) is 10.7 Å². The number of hydrogen-bond donors (Lipinski definition) is 1. The molecule has 2 aromatic rings. The Kier molecular flexibility index (Phi) is 4.24. The molecule has 1 atom stereocenters. The van der Waals surface area contributed by atoms with Crippen LogP contribution in [0.1, 0.15) is 33.9 Å². The van der Waals surface area contributed by atoms with E-state index in [4.69, 9.17) is 5.73 Å². The van der Waals surface area contributed by atoms with Crippen LogP contribution >= 0.6 is 0 Å². The van der Waals surface area contributed by atoms with E-state index in [1.807, 2.05) is 30.3 Å². The van der Waals surface area contributed by atoms with Crippen molar-refractivity contribution in [3.63, 3.8) is 0 Å². The molecule has 0 fully saturated rings. The standard InChI is InChI=1S/C18H18N2O3S/c1-24(22,23)10-9-17-15-4-2-3-14(16(15)11-20-17)12-5-7-13(8-6-12)18(19)21/h2-8,11,17H,9-10H2,1H3,(H2,19,21). The summed E-state index contributed by atoms with van der Waals surface area (Å²) in [5, 5.41) is 0. The van der Waals surface area contributed by atoms with Gasteiger partial charge in [-0.3, -0.25) is 9.79 Å². The number of sulfone groups is 1. The number of carbonyl (C=O) groups is 1. The lowest BCUT2D eigenvalue weighted by molar-refractivity contribution is 0.100. The molecular formula is C18H18N2O3S. The van der Waals surface area contributed by atoms with Gasteiger partial charge in [0.15, 0.2) is 0 Å². The van der Waals surface area contributed by atoms with E-state index in [-0.39, 0.29) is 11.8 Å². The fourth-order valence-electron chi connectivity index (χ4n) is 2.88. The Bertz CT molecular complexity index is 916. The van der Waals surface area contributed by atoms with Crippen LogP contribution in [0.15, 0.2) is 47.5 Å². The molecule has 0 saturated heterocycles. The van der Waals surface area contributed by atoms with Gasteiger partial charge in [0.25, 0.3) is 0 Å². The van der Waals surface area contributed by atoms with Crippen LogP contribution in [0.2, 0.25) is 0 Å². The van der Waals surface area contributed by atoms with Gasteiger partial charge in [0.2, 0.25) is 5.91 Å². The molecule has 2 aromatic carbocycles. The molecule has 0 radical (unpaired) electrons. The zero-order chi connectivity index (χ0) is 17.3. The Morgan fingerprint density at radius 2 is 1.88 bits per heavy atom. The van der Waals surface area contributed by atoms with Crippen LogP contribution in [-0.2, 0) is 9.84 Å². The summed E-state index contributed by atoms with van der Waals surface area (Å²) in [5.41, 5.74) is 9.75. The number of carbonyl (C=O) groups excluding carboxylic acids is 1. The third-order valence-corrected chi connectivity index (χ3v) is 5.10. The molecule has 1 unspecified atom stereocenters. The molecule has 6 heteroatoms. The first-order valence-electron chi connectivity index (χ1n) is 7.59. The van der Waals surface area contributed by atoms with E-state index in [1.54, 1.807) is 18.3 Å². The second kappa shape index (κ2) is 6.20. The number of aliphatic imine (C=N–C) groups is 1. The summed E-state index contributed by atoms with van der Waals surface area (Å²) in [6, 6.07) is 12.9. The van der Waals surface area contributed by atoms with Crippen molar-refractivity contribution < 1.29 is 13.2 Å². The molecule has 1 aliphatic rings. The highest BCUT2D eigenvalue weighted by Gasteiger charge is 2.22. The predicted octanol–water partition coefficient (Wildman–Crippen LogP) is 2.36. The molecule has 0 saturated carbocycles. The van der Waals surface area contributed by atoms with Gasteiger partial charge >= 0.3 is 0 Å². The van der Waals surface area contributed by atoms with E-state index in [1.165, 1.54) is 6.26 Å². The molecule has 0 aromatic heterocycles. The van der Waals surface area contributed by atoms with Gasteiger partial charge in [-0.1, -0.05) is 30.3 Å². The first-order chi connectivity index (χ1) is 11.3. The Morgan fingerprint density at radius 3 is 2.50 bits per heavy atom. The first-order valence-corrected chi connectivity index (χ1v) is 9.65. The number of hydrogen-bond acceptors (Lipinski definition) is 4. The molecule has 5 nitrogen and oxygen atoms in total. The van der Waals surface area contributed by atoms with Crippen molar-refractivity contribution in [3.8, 4) is 11.1 Å². The third kappa shape index (κ3) is 3.38. The summed E-state index contributed by atoms with van der Waals surface area (Å²) in [5.74, 6) is -0.339. The van der Waals surface area contributed by atoms with Crippen LogP contribution < -0.4 is 5.73 Å². The molecule has 1 heterocycles. The number of benzene rings is 2. The highest BCUT2D eigenvalue weighted by molar-refractivity contribution is 7.90. The number of rotatable bonds is 5. The van der Waals surface area contributed by atoms with E-state index in [9.17, 15) is 13.2 Å². The lowest BCUT2D eigenvalue weighted by Gasteiger charge is -2.12. The number of amides is 1. The van der Waals surface area contributed by atoms with Crippen molar-refractivity contribution in [1.82, 2.24) is 0 Å². The average molecular weight is 342 g/mol. The molecule has 0 spiro atoms. The highest BCUT2D eigenvalue weighted by atomic mass is 32.2. The SMILES string of the molecule is CS(=O)(=O)CCC1N=Cc2c(-c3ccc(C(N)=O)cc3)cccc21. The van der Waals surface area contributed by atoms with Gasteiger partial charge in [0, 0.05) is 23.6 Å². The van der Waals surface area contributed by atoms with Gasteiger partial charge in [0.05, 0.1) is 11.8 Å². The predicted molar refractivity (Wildman–Crippen MR) is 95.1 cm³/mol. The molecule has 0 bridgehead atoms. The maximum absolute atomic E-state index is 11.4. The zero-order valence-electron chi connectivity index (χ0n) is 13.3. The molecule has 0 aliphatic carbocycles. The molecule has 2 N–H and O–H groups in total. The second-order valence-corrected chi connectivity index (χ2v) is 8.22. The van der Waals surface area contributed by atoms with Crippen molar-refractivity contribution in [1.29, 1.82) is 0 Å². The summed E-state index contributed by atoms with van der Waals surface area (Å²) >= 11 is 0. The summed E-state index contributed by atoms with van der Waals surface area (Å²) in [4.78, 5) is 15.7. The maximum Gasteiger partial charge on any atom is 0.248 e. The quantitative estimate of drug-likeness (QED) is 0.904. The van der Waals surface area contributed by atoms with Crippen LogP contribution in [0, 0.1) is 0 Å². The Balaban J connectivity index is 1.92. The van der Waals surface area contributed by atoms with Crippen molar-refractivity contribution in [2.45, 2.75) is 12.5 Å². The highest BCUT2D eigenvalue weighted by Crippen LogP contribution is 2.35. The van der Waals surface area contributed by atoms with Gasteiger partial charge in [-0.2, -0.15) is 0 Å². The van der Waals surface area contributed by atoms with Crippen molar-refractivity contribution in [3.05, 3.63) is 59.2 Å². The van der Waals surface area contributed by atoms with Crippen LogP contribution in [-0.4, -0.2) is 32.5 Å². The van der Waals surface area contributed by atoms with Crippen LogP contribution in [0.25, 0.3) is 11.1 Å².